The molecule has 0 radical (unpaired) electrons. The number of rotatable bonds is 80. The number of aldehydes is 2. The van der Waals surface area contributed by atoms with Gasteiger partial charge in [0.15, 0.2) is 0 Å². The van der Waals surface area contributed by atoms with Crippen LogP contribution in [0.2, 0.25) is 0 Å². The van der Waals surface area contributed by atoms with Crippen molar-refractivity contribution in [3.05, 3.63) is 72.9 Å². The lowest BCUT2D eigenvalue weighted by Gasteiger charge is -2.21. The standard InChI is InChI=1S/C81H146O17P2/c1-3-5-7-9-11-13-15-17-18-19-24-30-36-42-48-54-60-66-81(86)94-74-79(92-70-64-58-52-46-40-34-28-23-21-26-32-38-44-50-56-62-68-83)76-98-100(89,90)96-72-77(84)71-95-99(87,88)97-75-78(73-93-80(85)65-59-53-47-41-35-29-16-14-12-10-8-6-4-2)91-69-63-57-51-45-39-33-27-22-20-25-31-37-43-49-55-61-67-82/h11,13,17-18,20-21,24-26,30,42,48,67-68,77-79,84H,3-10,12,14-16,19,22-23,27-29,31-41,43-47,49-66,69-76H2,1-2H3,(H,87,88)(H,89,90)/b13-11-,18-17-,25-20-,26-21-,30-24-,48-42-/t77-,78+,79+/m0/s1. The lowest BCUT2D eigenvalue weighted by Crippen LogP contribution is -2.28. The molecule has 0 aromatic carbocycles. The third-order valence-electron chi connectivity index (χ3n) is 17.2. The van der Waals surface area contributed by atoms with Gasteiger partial charge in [-0.3, -0.25) is 27.7 Å². The van der Waals surface area contributed by atoms with Crippen LogP contribution >= 0.6 is 15.6 Å². The fourth-order valence-corrected chi connectivity index (χ4v) is 12.6. The van der Waals surface area contributed by atoms with Gasteiger partial charge in [-0.15, -0.1) is 0 Å². The van der Waals surface area contributed by atoms with Gasteiger partial charge in [0.2, 0.25) is 0 Å². The summed E-state index contributed by atoms with van der Waals surface area (Å²) in [4.78, 5) is 67.8. The number of esters is 2. The summed E-state index contributed by atoms with van der Waals surface area (Å²) in [6, 6.07) is 0. The maximum Gasteiger partial charge on any atom is 0.472 e. The molecule has 0 rings (SSSR count). The second-order valence-electron chi connectivity index (χ2n) is 26.9. The van der Waals surface area contributed by atoms with Crippen LogP contribution in [0.3, 0.4) is 0 Å². The van der Waals surface area contributed by atoms with Crippen LogP contribution in [0.1, 0.15) is 348 Å². The SMILES string of the molecule is CCCCC/C=C\C/C=C\C/C=C\C/C=C\CCCC(=O)OC[C@H](COP(=O)(O)OC[C@@H](O)COP(=O)(O)OC[C@@H](COC(=O)CCCCCCCCCCCCCCC)OCCCCCCCCC/C=C\CCCCCCC=O)OCCCCCCCCC/C=C\CCCCCCC=O. The van der Waals surface area contributed by atoms with E-state index < -0.39 is 66.4 Å². The van der Waals surface area contributed by atoms with Crippen LogP contribution in [0.15, 0.2) is 72.9 Å². The second-order valence-corrected chi connectivity index (χ2v) is 29.8. The molecular formula is C81H146O17P2. The number of phosphoric acid groups is 2. The van der Waals surface area contributed by atoms with Crippen molar-refractivity contribution in [3.8, 4) is 0 Å². The van der Waals surface area contributed by atoms with Gasteiger partial charge in [0.25, 0.3) is 0 Å². The van der Waals surface area contributed by atoms with Gasteiger partial charge in [0.1, 0.15) is 44.1 Å². The van der Waals surface area contributed by atoms with Gasteiger partial charge in [0.05, 0.1) is 26.4 Å². The number of aliphatic hydroxyl groups excluding tert-OH is 1. The van der Waals surface area contributed by atoms with Crippen molar-refractivity contribution in [3.63, 3.8) is 0 Å². The molecule has 0 aliphatic carbocycles. The number of aliphatic hydroxyl groups is 1. The van der Waals surface area contributed by atoms with Crippen LogP contribution in [0.25, 0.3) is 0 Å². The van der Waals surface area contributed by atoms with Gasteiger partial charge in [-0.25, -0.2) is 9.13 Å². The van der Waals surface area contributed by atoms with Gasteiger partial charge < -0.3 is 43.4 Å². The molecule has 5 atom stereocenters. The smallest absolute Gasteiger partial charge is 0.463 e. The summed E-state index contributed by atoms with van der Waals surface area (Å²) in [5.41, 5.74) is 0. The number of unbranched alkanes of at least 4 members (excludes halogenated alkanes) is 40. The number of carbonyl (C=O) groups excluding carboxylic acids is 4. The number of allylic oxidation sites excluding steroid dienone is 12. The molecule has 2 unspecified atom stereocenters. The summed E-state index contributed by atoms with van der Waals surface area (Å²) in [5.74, 6) is -0.816. The van der Waals surface area contributed by atoms with Crippen molar-refractivity contribution in [2.45, 2.75) is 366 Å². The van der Waals surface area contributed by atoms with Gasteiger partial charge >= 0.3 is 27.6 Å². The first-order valence-corrected chi connectivity index (χ1v) is 43.1. The lowest BCUT2D eigenvalue weighted by molar-refractivity contribution is -0.150. The third kappa shape index (κ3) is 76.0. The minimum Gasteiger partial charge on any atom is -0.463 e. The van der Waals surface area contributed by atoms with Crippen molar-refractivity contribution >= 4 is 40.2 Å². The van der Waals surface area contributed by atoms with Crippen LogP contribution in [-0.2, 0) is 65.4 Å². The molecule has 0 spiro atoms. The molecule has 17 nitrogen and oxygen atoms in total. The molecule has 0 fully saturated rings. The van der Waals surface area contributed by atoms with Crippen molar-refractivity contribution in [2.75, 3.05) is 52.9 Å². The summed E-state index contributed by atoms with van der Waals surface area (Å²) in [6.45, 7) is 2.16. The maximum atomic E-state index is 13.1. The minimum atomic E-state index is -4.83. The van der Waals surface area contributed by atoms with E-state index in [1.165, 1.54) is 109 Å². The Kier molecular flexibility index (Phi) is 74.5. The fourth-order valence-electron chi connectivity index (χ4n) is 11.0. The van der Waals surface area contributed by atoms with E-state index >= 15 is 0 Å². The molecule has 0 heterocycles. The van der Waals surface area contributed by atoms with Crippen LogP contribution < -0.4 is 0 Å². The Morgan fingerprint density at radius 1 is 0.310 bits per heavy atom. The molecule has 19 heteroatoms. The van der Waals surface area contributed by atoms with Crippen LogP contribution in [-0.4, -0.2) is 111 Å². The van der Waals surface area contributed by atoms with Gasteiger partial charge in [-0.1, -0.05) is 267 Å². The first kappa shape index (κ1) is 96.8. The van der Waals surface area contributed by atoms with E-state index in [2.05, 4.69) is 80.7 Å². The zero-order valence-corrected chi connectivity index (χ0v) is 65.0. The Morgan fingerprint density at radius 3 is 0.910 bits per heavy atom. The monoisotopic (exact) mass is 1450 g/mol. The molecule has 0 aliphatic heterocycles. The van der Waals surface area contributed by atoms with Crippen LogP contribution in [0.4, 0.5) is 0 Å². The van der Waals surface area contributed by atoms with Gasteiger partial charge in [-0.05, 0) is 128 Å². The topological polar surface area (TPSA) is 237 Å². The third-order valence-corrected chi connectivity index (χ3v) is 19.1. The average Bonchev–Trinajstić information content (AvgIpc) is 0.994. The molecule has 0 saturated carbocycles. The fraction of sp³-hybridized carbons (Fsp3) is 0.802. The van der Waals surface area contributed by atoms with Crippen LogP contribution in [0.5, 0.6) is 0 Å². The molecule has 3 N–H and O–H groups in total. The van der Waals surface area contributed by atoms with Crippen molar-refractivity contribution in [2.24, 2.45) is 0 Å². The van der Waals surface area contributed by atoms with E-state index in [4.69, 9.17) is 37.0 Å². The summed E-state index contributed by atoms with van der Waals surface area (Å²) in [5, 5.41) is 10.7. The summed E-state index contributed by atoms with van der Waals surface area (Å²) in [7, 11) is -9.66. The van der Waals surface area contributed by atoms with Crippen LogP contribution in [0, 0.1) is 0 Å². The Labute approximate surface area is 609 Å². The molecule has 0 bridgehead atoms. The van der Waals surface area contributed by atoms with E-state index in [0.29, 0.717) is 45.3 Å². The Bertz CT molecular complexity index is 2110. The highest BCUT2D eigenvalue weighted by Crippen LogP contribution is 2.45. The average molecular weight is 1450 g/mol. The van der Waals surface area contributed by atoms with E-state index in [1.54, 1.807) is 0 Å². The first-order valence-electron chi connectivity index (χ1n) is 40.1. The van der Waals surface area contributed by atoms with Crippen molar-refractivity contribution in [1.82, 2.24) is 0 Å². The zero-order valence-electron chi connectivity index (χ0n) is 63.2. The lowest BCUT2D eigenvalue weighted by atomic mass is 10.0. The molecule has 0 aromatic heterocycles. The summed E-state index contributed by atoms with van der Waals surface area (Å²) < 4.78 is 70.0. The minimum absolute atomic E-state index is 0.178. The van der Waals surface area contributed by atoms with Gasteiger partial charge in [-0.2, -0.15) is 0 Å². The normalized spacial score (nSPS) is 14.3. The Balaban J connectivity index is 5.23. The summed E-state index contributed by atoms with van der Waals surface area (Å²) in [6.07, 6.45) is 78.8. The molecule has 0 aliphatic rings. The quantitative estimate of drug-likeness (QED) is 0.0169. The summed E-state index contributed by atoms with van der Waals surface area (Å²) >= 11 is 0. The van der Waals surface area contributed by atoms with E-state index in [1.807, 2.05) is 6.08 Å². The number of hydrogen-bond donors (Lipinski definition) is 3. The highest BCUT2D eigenvalue weighted by molar-refractivity contribution is 7.47. The molecule has 0 saturated heterocycles. The molecule has 0 aromatic rings. The highest BCUT2D eigenvalue weighted by Gasteiger charge is 2.29. The van der Waals surface area contributed by atoms with Crippen molar-refractivity contribution < 1.29 is 80.2 Å². The molecule has 582 valence electrons. The predicted molar refractivity (Wildman–Crippen MR) is 409 cm³/mol. The zero-order chi connectivity index (χ0) is 72.9. The number of phosphoric ester groups is 2. The molecule has 100 heavy (non-hydrogen) atoms. The van der Waals surface area contributed by atoms with E-state index in [-0.39, 0.29) is 32.0 Å². The molecular weight excluding hydrogens is 1310 g/mol. The molecule has 0 amide bonds. The number of hydrogen-bond acceptors (Lipinski definition) is 15. The highest BCUT2D eigenvalue weighted by atomic mass is 31.2. The number of carbonyl (C=O) groups is 4. The Hall–Kier alpha value is -3.18. The van der Waals surface area contributed by atoms with E-state index in [9.17, 15) is 43.2 Å². The number of ether oxygens (including phenoxy) is 4. The van der Waals surface area contributed by atoms with Gasteiger partial charge in [0, 0.05) is 38.9 Å². The predicted octanol–water partition coefficient (Wildman–Crippen LogP) is 22.5. The van der Waals surface area contributed by atoms with Crippen molar-refractivity contribution in [1.29, 1.82) is 0 Å². The van der Waals surface area contributed by atoms with E-state index in [0.717, 1.165) is 192 Å². The first-order chi connectivity index (χ1) is 48.9. The second kappa shape index (κ2) is 76.9. The Morgan fingerprint density at radius 2 is 0.560 bits per heavy atom. The maximum absolute atomic E-state index is 13.1. The largest absolute Gasteiger partial charge is 0.472 e.